The van der Waals surface area contributed by atoms with Crippen molar-refractivity contribution in [3.63, 3.8) is 0 Å². The fourth-order valence-corrected chi connectivity index (χ4v) is 2.21. The van der Waals surface area contributed by atoms with Crippen molar-refractivity contribution < 1.29 is 19.1 Å². The molecule has 1 aromatic carbocycles. The maximum Gasteiger partial charge on any atom is 0.338 e. The molecule has 1 amide bonds. The smallest absolute Gasteiger partial charge is 0.338 e. The number of amidine groups is 1. The normalized spacial score (nSPS) is 16.3. The summed E-state index contributed by atoms with van der Waals surface area (Å²) in [6.07, 6.45) is 1.47. The highest BCUT2D eigenvalue weighted by molar-refractivity contribution is 8.15. The number of nitrogens with one attached hydrogen (secondary N) is 1. The highest BCUT2D eigenvalue weighted by atomic mass is 32.2. The predicted molar refractivity (Wildman–Crippen MR) is 80.0 cm³/mol. The van der Waals surface area contributed by atoms with Gasteiger partial charge in [0.25, 0.3) is 0 Å². The lowest BCUT2D eigenvalue weighted by atomic mass is 10.1. The molecular weight excluding hydrogens is 294 g/mol. The van der Waals surface area contributed by atoms with Gasteiger partial charge in [-0.05, 0) is 23.8 Å². The van der Waals surface area contributed by atoms with E-state index in [1.807, 2.05) is 0 Å². The van der Waals surface area contributed by atoms with Gasteiger partial charge in [-0.25, -0.2) is 4.79 Å². The van der Waals surface area contributed by atoms with Gasteiger partial charge in [0.15, 0.2) is 5.17 Å². The van der Waals surface area contributed by atoms with E-state index >= 15 is 0 Å². The molecule has 0 unspecified atom stereocenters. The van der Waals surface area contributed by atoms with E-state index in [1.54, 1.807) is 18.2 Å². The maximum atomic E-state index is 11.6. The number of amides is 1. The number of ether oxygens (including phenoxy) is 2. The summed E-state index contributed by atoms with van der Waals surface area (Å²) in [6, 6.07) is 4.89. The van der Waals surface area contributed by atoms with Crippen molar-refractivity contribution >= 4 is 35.0 Å². The van der Waals surface area contributed by atoms with Crippen LogP contribution in [0.2, 0.25) is 0 Å². The Morgan fingerprint density at radius 2 is 2.19 bits per heavy atom. The van der Waals surface area contributed by atoms with Gasteiger partial charge in [0, 0.05) is 0 Å². The number of esters is 1. The molecule has 7 nitrogen and oxygen atoms in total. The van der Waals surface area contributed by atoms with Crippen LogP contribution in [0.3, 0.4) is 0 Å². The van der Waals surface area contributed by atoms with E-state index in [9.17, 15) is 9.59 Å². The topological polar surface area (TPSA) is 89.4 Å². The molecule has 21 heavy (non-hydrogen) atoms. The molecule has 0 aliphatic carbocycles. The van der Waals surface area contributed by atoms with Crippen LogP contribution in [0.25, 0.3) is 0 Å². The van der Waals surface area contributed by atoms with Gasteiger partial charge in [-0.2, -0.15) is 5.10 Å². The summed E-state index contributed by atoms with van der Waals surface area (Å²) < 4.78 is 9.79. The Balaban J connectivity index is 2.19. The Morgan fingerprint density at radius 3 is 2.81 bits per heavy atom. The maximum absolute atomic E-state index is 11.6. The number of nitrogens with zero attached hydrogens (tertiary/aromatic N) is 2. The minimum absolute atomic E-state index is 0.0942. The first-order valence-electron chi connectivity index (χ1n) is 5.93. The number of carbonyl (C=O) groups is 2. The van der Waals surface area contributed by atoms with E-state index < -0.39 is 5.97 Å². The highest BCUT2D eigenvalue weighted by Gasteiger charge is 2.16. The predicted octanol–water partition coefficient (Wildman–Crippen LogP) is 1.03. The molecule has 1 saturated heterocycles. The van der Waals surface area contributed by atoms with Gasteiger partial charge in [0.2, 0.25) is 5.91 Å². The monoisotopic (exact) mass is 307 g/mol. The second-order valence-electron chi connectivity index (χ2n) is 3.97. The van der Waals surface area contributed by atoms with E-state index in [4.69, 9.17) is 4.74 Å². The van der Waals surface area contributed by atoms with Gasteiger partial charge >= 0.3 is 5.97 Å². The second-order valence-corrected chi connectivity index (χ2v) is 4.94. The van der Waals surface area contributed by atoms with Crippen LogP contribution in [0.4, 0.5) is 0 Å². The highest BCUT2D eigenvalue weighted by Crippen LogP contribution is 2.17. The van der Waals surface area contributed by atoms with E-state index in [0.717, 1.165) is 0 Å². The van der Waals surface area contributed by atoms with Crippen molar-refractivity contribution in [2.75, 3.05) is 20.0 Å². The minimum Gasteiger partial charge on any atom is -0.497 e. The number of benzene rings is 1. The molecule has 1 N–H and O–H groups in total. The lowest BCUT2D eigenvalue weighted by Crippen LogP contribution is -2.19. The number of hydrogen-bond acceptors (Lipinski definition) is 7. The lowest BCUT2D eigenvalue weighted by molar-refractivity contribution is -0.116. The molecular formula is C13H13N3O4S. The third-order valence-corrected chi connectivity index (χ3v) is 3.39. The molecule has 0 saturated carbocycles. The molecule has 0 atom stereocenters. The molecule has 1 fully saturated rings. The van der Waals surface area contributed by atoms with E-state index in [0.29, 0.717) is 27.8 Å². The minimum atomic E-state index is -0.464. The second kappa shape index (κ2) is 6.89. The van der Waals surface area contributed by atoms with Crippen LogP contribution in [0.1, 0.15) is 15.9 Å². The summed E-state index contributed by atoms with van der Waals surface area (Å²) in [5.41, 5.74) is 0.989. The first-order valence-corrected chi connectivity index (χ1v) is 6.92. The van der Waals surface area contributed by atoms with Gasteiger partial charge in [-0.15, -0.1) is 5.10 Å². The summed E-state index contributed by atoms with van der Waals surface area (Å²) >= 11 is 1.28. The lowest BCUT2D eigenvalue weighted by Gasteiger charge is -2.04. The third kappa shape index (κ3) is 4.06. The number of thioether (sulfide) groups is 1. The fourth-order valence-electron chi connectivity index (χ4n) is 1.58. The van der Waals surface area contributed by atoms with Crippen molar-refractivity contribution in [2.45, 2.75) is 0 Å². The van der Waals surface area contributed by atoms with E-state index in [-0.39, 0.29) is 5.91 Å². The first-order chi connectivity index (χ1) is 10.1. The van der Waals surface area contributed by atoms with Gasteiger partial charge in [-0.3, -0.25) is 4.79 Å². The van der Waals surface area contributed by atoms with Crippen LogP contribution in [0.15, 0.2) is 28.4 Å². The van der Waals surface area contributed by atoms with Crippen molar-refractivity contribution in [1.82, 2.24) is 5.32 Å². The number of carbonyl (C=O) groups excluding carboxylic acids is 2. The number of rotatable bonds is 4. The largest absolute Gasteiger partial charge is 0.497 e. The van der Waals surface area contributed by atoms with Crippen molar-refractivity contribution in [1.29, 1.82) is 0 Å². The molecule has 2 rings (SSSR count). The van der Waals surface area contributed by atoms with Crippen molar-refractivity contribution in [3.8, 4) is 5.75 Å². The average Bonchev–Trinajstić information content (AvgIpc) is 2.91. The number of hydrogen-bond donors (Lipinski definition) is 1. The molecule has 8 heteroatoms. The van der Waals surface area contributed by atoms with Crippen LogP contribution < -0.4 is 10.1 Å². The molecule has 1 aliphatic heterocycles. The molecule has 1 aliphatic rings. The fraction of sp³-hybridized carbons (Fsp3) is 0.231. The van der Waals surface area contributed by atoms with Gasteiger partial charge in [-0.1, -0.05) is 11.8 Å². The first kappa shape index (κ1) is 15.0. The zero-order valence-corrected chi connectivity index (χ0v) is 12.3. The Bertz CT molecular complexity index is 628. The molecule has 0 aromatic heterocycles. The van der Waals surface area contributed by atoms with Crippen LogP contribution >= 0.6 is 11.8 Å². The summed E-state index contributed by atoms with van der Waals surface area (Å²) in [5, 5.41) is 10.8. The quantitative estimate of drug-likeness (QED) is 0.510. The molecule has 110 valence electrons. The van der Waals surface area contributed by atoms with Gasteiger partial charge in [0.05, 0.1) is 31.8 Å². The Hall–Kier alpha value is -2.35. The summed E-state index contributed by atoms with van der Waals surface area (Å²) in [5.74, 6) is 0.298. The van der Waals surface area contributed by atoms with E-state index in [1.165, 1.54) is 32.2 Å². The van der Waals surface area contributed by atoms with Gasteiger partial charge < -0.3 is 14.8 Å². The van der Waals surface area contributed by atoms with E-state index in [2.05, 4.69) is 20.3 Å². The average molecular weight is 307 g/mol. The molecule has 0 radical (unpaired) electrons. The Labute approximate surface area is 125 Å². The zero-order valence-electron chi connectivity index (χ0n) is 11.5. The van der Waals surface area contributed by atoms with Crippen molar-refractivity contribution in [2.24, 2.45) is 10.2 Å². The molecule has 0 bridgehead atoms. The Morgan fingerprint density at radius 1 is 1.38 bits per heavy atom. The van der Waals surface area contributed by atoms with Crippen molar-refractivity contribution in [3.05, 3.63) is 29.3 Å². The molecule has 1 aromatic rings. The molecule has 0 spiro atoms. The van der Waals surface area contributed by atoms with Gasteiger partial charge in [0.1, 0.15) is 5.75 Å². The van der Waals surface area contributed by atoms with Crippen LogP contribution in [-0.2, 0) is 9.53 Å². The summed E-state index contributed by atoms with van der Waals surface area (Å²) in [7, 11) is 2.81. The van der Waals surface area contributed by atoms with Crippen LogP contribution in [0.5, 0.6) is 5.75 Å². The molecule has 1 heterocycles. The zero-order chi connectivity index (χ0) is 15.2. The third-order valence-electron chi connectivity index (χ3n) is 2.53. The van der Waals surface area contributed by atoms with Crippen LogP contribution in [0, 0.1) is 0 Å². The Kier molecular flexibility index (Phi) is 4.94. The van der Waals surface area contributed by atoms with Crippen LogP contribution in [-0.4, -0.2) is 43.2 Å². The number of methoxy groups -OCH3 is 2. The SMILES string of the molecule is COC(=O)c1cc(C=NN=C2NC(=O)CS2)cc(OC)c1. The standard InChI is InChI=1S/C13H13N3O4S/c1-19-10-4-8(3-9(5-10)12(18)20-2)6-14-16-13-15-11(17)7-21-13/h3-6H,7H2,1-2H3,(H,15,16,17). The summed E-state index contributed by atoms with van der Waals surface area (Å²) in [4.78, 5) is 22.5. The summed E-state index contributed by atoms with van der Waals surface area (Å²) in [6.45, 7) is 0.